The van der Waals surface area contributed by atoms with E-state index >= 15 is 0 Å². The maximum atomic E-state index is 5.30. The molecule has 2 heteroatoms. The first-order chi connectivity index (χ1) is 12.8. The van der Waals surface area contributed by atoms with Crippen LogP contribution in [-0.4, -0.2) is 24.5 Å². The number of piperidine rings is 1. The van der Waals surface area contributed by atoms with Gasteiger partial charge in [0.1, 0.15) is 0 Å². The average Bonchev–Trinajstić information content (AvgIpc) is 3.34. The van der Waals surface area contributed by atoms with E-state index in [1.54, 1.807) is 17.4 Å². The molecule has 1 aromatic carbocycles. The van der Waals surface area contributed by atoms with E-state index in [-0.39, 0.29) is 0 Å². The van der Waals surface area contributed by atoms with Gasteiger partial charge in [0.25, 0.3) is 0 Å². The first-order valence-corrected chi connectivity index (χ1v) is 10.7. The molecular weight excluding hydrogens is 318 g/mol. The molecule has 1 spiro atoms. The Labute approximate surface area is 157 Å². The monoisotopic (exact) mass is 349 g/mol. The number of aryl methyl sites for hydroxylation is 1. The van der Waals surface area contributed by atoms with Gasteiger partial charge in [0, 0.05) is 12.1 Å². The molecule has 0 atom stereocenters. The highest BCUT2D eigenvalue weighted by Crippen LogP contribution is 2.47. The summed E-state index contributed by atoms with van der Waals surface area (Å²) in [4.78, 5) is 2.78. The molecule has 1 aromatic heterocycles. The van der Waals surface area contributed by atoms with Gasteiger partial charge in [-0.3, -0.25) is 0 Å². The zero-order chi connectivity index (χ0) is 17.4. The Hall–Kier alpha value is -1.54. The Balaban J connectivity index is 1.31. The molecule has 2 fully saturated rings. The second kappa shape index (κ2) is 6.88. The van der Waals surface area contributed by atoms with Gasteiger partial charge in [-0.2, -0.15) is 0 Å². The molecule has 2 aliphatic carbocycles. The zero-order valence-electron chi connectivity index (χ0n) is 15.9. The summed E-state index contributed by atoms with van der Waals surface area (Å²) >= 11 is 0. The van der Waals surface area contributed by atoms with E-state index in [2.05, 4.69) is 29.2 Å². The van der Waals surface area contributed by atoms with Crippen LogP contribution in [0.5, 0.6) is 0 Å². The van der Waals surface area contributed by atoms with Crippen LogP contribution in [-0.2, 0) is 11.8 Å². The lowest BCUT2D eigenvalue weighted by molar-refractivity contribution is 0.128. The van der Waals surface area contributed by atoms with Gasteiger partial charge in [0.2, 0.25) is 0 Å². The van der Waals surface area contributed by atoms with Crippen molar-refractivity contribution in [2.75, 3.05) is 19.6 Å². The smallest absolute Gasteiger partial charge is 0.0980 e. The van der Waals surface area contributed by atoms with E-state index < -0.39 is 0 Å². The van der Waals surface area contributed by atoms with Crippen LogP contribution in [0.1, 0.15) is 62.5 Å². The summed E-state index contributed by atoms with van der Waals surface area (Å²) < 4.78 is 5.30. The van der Waals surface area contributed by atoms with E-state index in [0.717, 1.165) is 5.92 Å². The van der Waals surface area contributed by atoms with Crippen LogP contribution in [0.4, 0.5) is 0 Å². The first-order valence-electron chi connectivity index (χ1n) is 10.7. The Morgan fingerprint density at radius 3 is 2.58 bits per heavy atom. The summed E-state index contributed by atoms with van der Waals surface area (Å²) in [5.74, 6) is 0.973. The van der Waals surface area contributed by atoms with Crippen molar-refractivity contribution in [1.82, 2.24) is 4.90 Å². The maximum Gasteiger partial charge on any atom is 0.0980 e. The second-order valence-electron chi connectivity index (χ2n) is 8.97. The van der Waals surface area contributed by atoms with Gasteiger partial charge < -0.3 is 9.32 Å². The maximum absolute atomic E-state index is 5.30. The van der Waals surface area contributed by atoms with Crippen LogP contribution >= 0.6 is 0 Å². The Kier molecular flexibility index (Phi) is 4.40. The fourth-order valence-electron chi connectivity index (χ4n) is 5.82. The minimum atomic E-state index is 0.443. The van der Waals surface area contributed by atoms with Gasteiger partial charge in [-0.05, 0) is 85.7 Å². The highest BCUT2D eigenvalue weighted by Gasteiger charge is 2.41. The van der Waals surface area contributed by atoms with Crippen molar-refractivity contribution in [3.05, 3.63) is 47.9 Å². The van der Waals surface area contributed by atoms with Gasteiger partial charge in [-0.1, -0.05) is 37.5 Å². The largest absolute Gasteiger partial charge is 0.472 e. The Morgan fingerprint density at radius 1 is 0.962 bits per heavy atom. The highest BCUT2D eigenvalue weighted by atomic mass is 16.3. The molecule has 0 radical (unpaired) electrons. The van der Waals surface area contributed by atoms with E-state index in [9.17, 15) is 0 Å². The molecule has 0 N–H and O–H groups in total. The normalized spacial score (nSPS) is 23.4. The lowest BCUT2D eigenvalue weighted by Gasteiger charge is -2.41. The lowest BCUT2D eigenvalue weighted by Crippen LogP contribution is -2.43. The molecule has 26 heavy (non-hydrogen) atoms. The fraction of sp³-hybridized carbons (Fsp3) is 0.583. The second-order valence-corrected chi connectivity index (χ2v) is 8.97. The topological polar surface area (TPSA) is 16.4 Å². The number of nitrogens with zero attached hydrogens (tertiary/aromatic N) is 1. The van der Waals surface area contributed by atoms with Crippen LogP contribution < -0.4 is 0 Å². The number of furan rings is 1. The third kappa shape index (κ3) is 3.03. The van der Waals surface area contributed by atoms with Crippen LogP contribution in [0, 0.1) is 5.92 Å². The molecule has 138 valence electrons. The summed E-state index contributed by atoms with van der Waals surface area (Å²) in [6.45, 7) is 3.95. The summed E-state index contributed by atoms with van der Waals surface area (Å²) in [6.07, 6.45) is 16.3. The number of hydrogen-bond donors (Lipinski definition) is 0. The fourth-order valence-corrected chi connectivity index (χ4v) is 5.82. The van der Waals surface area contributed by atoms with Crippen LogP contribution in [0.15, 0.2) is 41.2 Å². The highest BCUT2D eigenvalue weighted by molar-refractivity contribution is 5.65. The number of benzene rings is 1. The van der Waals surface area contributed by atoms with Gasteiger partial charge in [-0.15, -0.1) is 0 Å². The predicted octanol–water partition coefficient (Wildman–Crippen LogP) is 5.81. The van der Waals surface area contributed by atoms with E-state index in [4.69, 9.17) is 4.42 Å². The summed E-state index contributed by atoms with van der Waals surface area (Å²) in [6, 6.07) is 9.21. The van der Waals surface area contributed by atoms with Gasteiger partial charge in [0.05, 0.1) is 12.5 Å². The van der Waals surface area contributed by atoms with Crippen molar-refractivity contribution in [3.63, 3.8) is 0 Å². The molecule has 2 aromatic rings. The van der Waals surface area contributed by atoms with Crippen molar-refractivity contribution >= 4 is 0 Å². The molecule has 0 unspecified atom stereocenters. The summed E-state index contributed by atoms with van der Waals surface area (Å²) in [7, 11) is 0. The SMILES string of the molecule is c1cc(-c2ccc3c(c2)C2(CC3)CCN(CC3CCCCC3)CC2)co1. The van der Waals surface area contributed by atoms with E-state index in [1.807, 2.05) is 6.26 Å². The molecule has 2 heterocycles. The minimum absolute atomic E-state index is 0.443. The van der Waals surface area contributed by atoms with Crippen molar-refractivity contribution in [2.45, 2.75) is 63.2 Å². The molecule has 1 saturated carbocycles. The summed E-state index contributed by atoms with van der Waals surface area (Å²) in [5.41, 5.74) is 6.22. The third-order valence-electron chi connectivity index (χ3n) is 7.46. The van der Waals surface area contributed by atoms with Crippen LogP contribution in [0.3, 0.4) is 0 Å². The number of likely N-dealkylation sites (tertiary alicyclic amines) is 1. The molecule has 1 saturated heterocycles. The van der Waals surface area contributed by atoms with Gasteiger partial charge in [0.15, 0.2) is 0 Å². The predicted molar refractivity (Wildman–Crippen MR) is 106 cm³/mol. The Bertz CT molecular complexity index is 734. The lowest BCUT2D eigenvalue weighted by atomic mass is 9.73. The van der Waals surface area contributed by atoms with E-state index in [1.165, 1.54) is 88.5 Å². The third-order valence-corrected chi connectivity index (χ3v) is 7.46. The van der Waals surface area contributed by atoms with Crippen molar-refractivity contribution < 1.29 is 4.42 Å². The molecule has 5 rings (SSSR count). The number of rotatable bonds is 3. The standard InChI is InChI=1S/C24H31NO/c1-2-4-19(5-3-1)17-25-13-11-24(12-14-25)10-8-20-6-7-21(16-23(20)24)22-9-15-26-18-22/h6-7,9,15-16,18-19H,1-5,8,10-14,17H2. The van der Waals surface area contributed by atoms with Crippen LogP contribution in [0.2, 0.25) is 0 Å². The zero-order valence-corrected chi connectivity index (χ0v) is 15.9. The molecule has 0 amide bonds. The quantitative estimate of drug-likeness (QED) is 0.695. The Morgan fingerprint density at radius 2 is 1.81 bits per heavy atom. The first kappa shape index (κ1) is 16.6. The van der Waals surface area contributed by atoms with E-state index in [0.29, 0.717) is 5.41 Å². The average molecular weight is 350 g/mol. The molecule has 1 aliphatic heterocycles. The number of fused-ring (bicyclic) bond motifs is 2. The van der Waals surface area contributed by atoms with Crippen molar-refractivity contribution in [1.29, 1.82) is 0 Å². The van der Waals surface area contributed by atoms with Crippen molar-refractivity contribution in [2.24, 2.45) is 5.92 Å². The summed E-state index contributed by atoms with van der Waals surface area (Å²) in [5, 5.41) is 0. The van der Waals surface area contributed by atoms with Crippen LogP contribution in [0.25, 0.3) is 11.1 Å². The van der Waals surface area contributed by atoms with Crippen molar-refractivity contribution in [3.8, 4) is 11.1 Å². The van der Waals surface area contributed by atoms with Gasteiger partial charge in [-0.25, -0.2) is 0 Å². The molecule has 2 nitrogen and oxygen atoms in total. The molecule has 0 bridgehead atoms. The molecular formula is C24H31NO. The molecule has 3 aliphatic rings. The number of hydrogen-bond acceptors (Lipinski definition) is 2. The minimum Gasteiger partial charge on any atom is -0.472 e. The van der Waals surface area contributed by atoms with Gasteiger partial charge >= 0.3 is 0 Å².